The molecule has 1 aromatic heterocycles. The molecule has 0 spiro atoms. The summed E-state index contributed by atoms with van der Waals surface area (Å²) in [4.78, 5) is 16.8. The van der Waals surface area contributed by atoms with E-state index in [4.69, 9.17) is 4.52 Å². The van der Waals surface area contributed by atoms with Crippen LogP contribution in [-0.4, -0.2) is 53.7 Å². The second-order valence-electron chi connectivity index (χ2n) is 7.50. The summed E-state index contributed by atoms with van der Waals surface area (Å²) in [5, 5.41) is 7.09. The second kappa shape index (κ2) is 7.11. The average molecular weight is 354 g/mol. The summed E-state index contributed by atoms with van der Waals surface area (Å²) in [5.41, 5.74) is 2.40. The quantitative estimate of drug-likeness (QED) is 0.896. The first-order valence-electron chi connectivity index (χ1n) is 9.37. The van der Waals surface area contributed by atoms with Gasteiger partial charge in [-0.1, -0.05) is 35.5 Å². The second-order valence-corrected chi connectivity index (χ2v) is 7.50. The summed E-state index contributed by atoms with van der Waals surface area (Å²) in [6.45, 7) is 6.63. The summed E-state index contributed by atoms with van der Waals surface area (Å²) < 4.78 is 5.28. The van der Waals surface area contributed by atoms with Crippen LogP contribution in [0.1, 0.15) is 29.9 Å². The molecule has 6 heteroatoms. The van der Waals surface area contributed by atoms with E-state index < -0.39 is 0 Å². The maximum atomic E-state index is 12.5. The summed E-state index contributed by atoms with van der Waals surface area (Å²) in [6.07, 6.45) is 2.31. The number of piperazine rings is 1. The predicted octanol–water partition coefficient (Wildman–Crippen LogP) is 2.54. The maximum Gasteiger partial charge on any atom is 0.317 e. The Hall–Kier alpha value is -2.34. The first-order valence-corrected chi connectivity index (χ1v) is 9.37. The third-order valence-electron chi connectivity index (χ3n) is 5.53. The lowest BCUT2D eigenvalue weighted by atomic mass is 9.96. The molecule has 1 aliphatic carbocycles. The number of carbonyl (C=O) groups is 1. The largest absolute Gasteiger partial charge is 0.360 e. The number of benzene rings is 1. The Morgan fingerprint density at radius 3 is 2.54 bits per heavy atom. The van der Waals surface area contributed by atoms with E-state index in [9.17, 15) is 4.79 Å². The van der Waals surface area contributed by atoms with Crippen molar-refractivity contribution >= 4 is 6.03 Å². The molecule has 1 saturated heterocycles. The number of aromatic nitrogens is 1. The van der Waals surface area contributed by atoms with Crippen LogP contribution in [0.5, 0.6) is 0 Å². The van der Waals surface area contributed by atoms with Gasteiger partial charge in [0.15, 0.2) is 5.76 Å². The lowest BCUT2D eigenvalue weighted by Crippen LogP contribution is -2.52. The Balaban J connectivity index is 1.24. The van der Waals surface area contributed by atoms with Crippen LogP contribution < -0.4 is 5.32 Å². The van der Waals surface area contributed by atoms with Crippen molar-refractivity contribution < 1.29 is 9.32 Å². The highest BCUT2D eigenvalue weighted by Crippen LogP contribution is 2.47. The molecule has 2 aliphatic rings. The van der Waals surface area contributed by atoms with Gasteiger partial charge >= 0.3 is 6.03 Å². The highest BCUT2D eigenvalue weighted by Gasteiger charge is 2.44. The normalized spacial score (nSPS) is 19.3. The maximum absolute atomic E-state index is 12.5. The molecule has 1 aliphatic heterocycles. The standard InChI is InChI=1S/C20H26N4O2/c1-16-13-18(26-22-16)14-23-9-11-24(12-10-23)19(25)21-15-20(7-8-20)17-5-3-2-4-6-17/h2-6,13H,7-12,14-15H2,1H3,(H,21,25). The van der Waals surface area contributed by atoms with Crippen molar-refractivity contribution in [2.75, 3.05) is 32.7 Å². The summed E-state index contributed by atoms with van der Waals surface area (Å²) in [6, 6.07) is 12.6. The van der Waals surface area contributed by atoms with Crippen LogP contribution in [0.3, 0.4) is 0 Å². The number of aryl methyl sites for hydroxylation is 1. The van der Waals surface area contributed by atoms with Gasteiger partial charge in [0.25, 0.3) is 0 Å². The Morgan fingerprint density at radius 1 is 1.19 bits per heavy atom. The molecule has 2 heterocycles. The molecule has 138 valence electrons. The predicted molar refractivity (Wildman–Crippen MR) is 98.8 cm³/mol. The van der Waals surface area contributed by atoms with Gasteiger partial charge in [0, 0.05) is 44.2 Å². The smallest absolute Gasteiger partial charge is 0.317 e. The summed E-state index contributed by atoms with van der Waals surface area (Å²) >= 11 is 0. The molecule has 0 bridgehead atoms. The van der Waals surface area contributed by atoms with Crippen molar-refractivity contribution in [3.8, 4) is 0 Å². The van der Waals surface area contributed by atoms with Crippen LogP contribution in [0.15, 0.2) is 40.9 Å². The number of rotatable bonds is 5. The first-order chi connectivity index (χ1) is 12.6. The number of hydrogen-bond acceptors (Lipinski definition) is 4. The number of hydrogen-bond donors (Lipinski definition) is 1. The van der Waals surface area contributed by atoms with E-state index in [2.05, 4.69) is 39.6 Å². The third kappa shape index (κ3) is 3.75. The molecule has 1 saturated carbocycles. The Bertz CT molecular complexity index is 746. The third-order valence-corrected chi connectivity index (χ3v) is 5.53. The fourth-order valence-electron chi connectivity index (χ4n) is 3.69. The summed E-state index contributed by atoms with van der Waals surface area (Å²) in [7, 11) is 0. The molecule has 0 unspecified atom stereocenters. The van der Waals surface area contributed by atoms with Gasteiger partial charge in [-0.2, -0.15) is 0 Å². The Morgan fingerprint density at radius 2 is 1.92 bits per heavy atom. The van der Waals surface area contributed by atoms with Crippen LogP contribution in [0.4, 0.5) is 4.79 Å². The molecular weight excluding hydrogens is 328 g/mol. The van der Waals surface area contributed by atoms with Crippen LogP contribution in [-0.2, 0) is 12.0 Å². The fourth-order valence-corrected chi connectivity index (χ4v) is 3.69. The molecule has 1 N–H and O–H groups in total. The SMILES string of the molecule is Cc1cc(CN2CCN(C(=O)NCC3(c4ccccc4)CC3)CC2)on1. The lowest BCUT2D eigenvalue weighted by molar-refractivity contribution is 0.127. The molecule has 1 aromatic carbocycles. The van der Waals surface area contributed by atoms with Crippen molar-refractivity contribution in [3.05, 3.63) is 53.4 Å². The van der Waals surface area contributed by atoms with Crippen molar-refractivity contribution in [1.29, 1.82) is 0 Å². The van der Waals surface area contributed by atoms with Crippen molar-refractivity contribution in [1.82, 2.24) is 20.3 Å². The van der Waals surface area contributed by atoms with Gasteiger partial charge in [-0.25, -0.2) is 4.79 Å². The first kappa shape index (κ1) is 17.1. The minimum absolute atomic E-state index is 0.0577. The zero-order valence-corrected chi connectivity index (χ0v) is 15.3. The molecule has 2 fully saturated rings. The van der Waals surface area contributed by atoms with Gasteiger partial charge in [0.05, 0.1) is 12.2 Å². The zero-order valence-electron chi connectivity index (χ0n) is 15.3. The topological polar surface area (TPSA) is 61.6 Å². The van der Waals surface area contributed by atoms with Crippen LogP contribution in [0.2, 0.25) is 0 Å². The van der Waals surface area contributed by atoms with Gasteiger partial charge in [-0.3, -0.25) is 4.90 Å². The van der Waals surface area contributed by atoms with E-state index >= 15 is 0 Å². The van der Waals surface area contributed by atoms with E-state index in [0.717, 1.165) is 63.6 Å². The van der Waals surface area contributed by atoms with Crippen molar-refractivity contribution in [3.63, 3.8) is 0 Å². The van der Waals surface area contributed by atoms with E-state index in [-0.39, 0.29) is 11.4 Å². The van der Waals surface area contributed by atoms with Gasteiger partial charge in [0.1, 0.15) is 0 Å². The number of nitrogens with zero attached hydrogens (tertiary/aromatic N) is 3. The zero-order chi connectivity index (χ0) is 18.0. The van der Waals surface area contributed by atoms with E-state index in [1.165, 1.54) is 5.56 Å². The van der Waals surface area contributed by atoms with Crippen molar-refractivity contribution in [2.24, 2.45) is 0 Å². The van der Waals surface area contributed by atoms with E-state index in [1.807, 2.05) is 24.0 Å². The van der Waals surface area contributed by atoms with Gasteiger partial charge in [-0.15, -0.1) is 0 Å². The minimum Gasteiger partial charge on any atom is -0.360 e. The molecule has 4 rings (SSSR count). The van der Waals surface area contributed by atoms with Gasteiger partial charge in [0.2, 0.25) is 0 Å². The van der Waals surface area contributed by atoms with Crippen LogP contribution in [0, 0.1) is 6.92 Å². The fraction of sp³-hybridized carbons (Fsp3) is 0.500. The lowest BCUT2D eigenvalue weighted by Gasteiger charge is -2.34. The number of carbonyl (C=O) groups excluding carboxylic acids is 1. The number of urea groups is 1. The highest BCUT2D eigenvalue weighted by molar-refractivity contribution is 5.74. The molecule has 6 nitrogen and oxygen atoms in total. The van der Waals surface area contributed by atoms with Gasteiger partial charge in [-0.05, 0) is 25.3 Å². The minimum atomic E-state index is 0.0577. The molecular formula is C20H26N4O2. The Labute approximate surface area is 154 Å². The number of amides is 2. The Kier molecular flexibility index (Phi) is 4.68. The number of nitrogens with one attached hydrogen (secondary N) is 1. The van der Waals surface area contributed by atoms with E-state index in [0.29, 0.717) is 0 Å². The molecule has 0 atom stereocenters. The van der Waals surface area contributed by atoms with Crippen molar-refractivity contribution in [2.45, 2.75) is 31.7 Å². The van der Waals surface area contributed by atoms with Crippen LogP contribution >= 0.6 is 0 Å². The summed E-state index contributed by atoms with van der Waals surface area (Å²) in [5.74, 6) is 0.888. The van der Waals surface area contributed by atoms with Crippen LogP contribution in [0.25, 0.3) is 0 Å². The van der Waals surface area contributed by atoms with E-state index in [1.54, 1.807) is 0 Å². The molecule has 2 aromatic rings. The average Bonchev–Trinajstić information content (AvgIpc) is 3.37. The molecule has 2 amide bonds. The van der Waals surface area contributed by atoms with Gasteiger partial charge < -0.3 is 14.7 Å². The molecule has 0 radical (unpaired) electrons. The highest BCUT2D eigenvalue weighted by atomic mass is 16.5. The monoisotopic (exact) mass is 354 g/mol. The molecule has 26 heavy (non-hydrogen) atoms.